The molecule has 1 saturated carbocycles. The van der Waals surface area contributed by atoms with Gasteiger partial charge in [-0.25, -0.2) is 0 Å². The van der Waals surface area contributed by atoms with Crippen LogP contribution in [0.4, 0.5) is 13.2 Å². The number of alkyl halides is 3. The minimum Gasteiger partial charge on any atom is -0.406 e. The predicted molar refractivity (Wildman–Crippen MR) is 88.7 cm³/mol. The van der Waals surface area contributed by atoms with Crippen molar-refractivity contribution in [3.63, 3.8) is 0 Å². The Kier molecular flexibility index (Phi) is 3.66. The molecule has 1 fully saturated rings. The number of benzene rings is 2. The smallest absolute Gasteiger partial charge is 0.406 e. The lowest BCUT2D eigenvalue weighted by atomic mass is 10.0. The summed E-state index contributed by atoms with van der Waals surface area (Å²) in [5, 5.41) is 17.4. The summed E-state index contributed by atoms with van der Waals surface area (Å²) >= 11 is 0. The van der Waals surface area contributed by atoms with E-state index < -0.39 is 17.5 Å². The van der Waals surface area contributed by atoms with E-state index >= 15 is 0 Å². The maximum atomic E-state index is 12.7. The number of rotatable bonds is 3. The highest BCUT2D eigenvalue weighted by molar-refractivity contribution is 5.83. The van der Waals surface area contributed by atoms with Gasteiger partial charge in [-0.2, -0.15) is 9.94 Å². The molecule has 1 aliphatic rings. The fourth-order valence-electron chi connectivity index (χ4n) is 2.84. The Labute approximate surface area is 150 Å². The molecule has 0 atom stereocenters. The van der Waals surface area contributed by atoms with Crippen molar-refractivity contribution in [2.45, 2.75) is 24.7 Å². The number of nitriles is 1. The van der Waals surface area contributed by atoms with Crippen molar-refractivity contribution in [2.24, 2.45) is 0 Å². The van der Waals surface area contributed by atoms with Crippen LogP contribution in [0.3, 0.4) is 0 Å². The molecule has 0 bridgehead atoms. The quantitative estimate of drug-likeness (QED) is 0.704. The van der Waals surface area contributed by atoms with Crippen molar-refractivity contribution in [3.8, 4) is 22.9 Å². The van der Waals surface area contributed by atoms with Gasteiger partial charge in [0.1, 0.15) is 11.3 Å². The number of hydrogen-bond acceptors (Lipinski definition) is 5. The Morgan fingerprint density at radius 1 is 1.11 bits per heavy atom. The van der Waals surface area contributed by atoms with E-state index in [1.165, 1.54) is 24.3 Å². The second kappa shape index (κ2) is 5.81. The minimum absolute atomic E-state index is 0.291. The van der Waals surface area contributed by atoms with Gasteiger partial charge in [0.25, 0.3) is 5.56 Å². The molecule has 27 heavy (non-hydrogen) atoms. The number of nitrogens with zero attached hydrogens (tertiary/aromatic N) is 4. The summed E-state index contributed by atoms with van der Waals surface area (Å²) in [5.41, 5.74) is 0.268. The Morgan fingerprint density at radius 2 is 1.78 bits per heavy atom. The van der Waals surface area contributed by atoms with E-state index in [0.29, 0.717) is 34.9 Å². The number of halogens is 3. The first kappa shape index (κ1) is 17.0. The van der Waals surface area contributed by atoms with Crippen molar-refractivity contribution in [2.75, 3.05) is 0 Å². The maximum absolute atomic E-state index is 12.7. The summed E-state index contributed by atoms with van der Waals surface area (Å²) in [4.78, 5) is 12.7. The molecule has 6 nitrogen and oxygen atoms in total. The Balaban J connectivity index is 1.74. The Hall–Kier alpha value is -3.41. The van der Waals surface area contributed by atoms with Gasteiger partial charge < -0.3 is 4.74 Å². The predicted octanol–water partition coefficient (Wildman–Crippen LogP) is 3.37. The molecule has 136 valence electrons. The molecule has 0 unspecified atom stereocenters. The summed E-state index contributed by atoms with van der Waals surface area (Å²) in [6.45, 7) is 0. The maximum Gasteiger partial charge on any atom is 0.573 e. The zero-order valence-electron chi connectivity index (χ0n) is 13.7. The van der Waals surface area contributed by atoms with Crippen LogP contribution in [0.2, 0.25) is 0 Å². The van der Waals surface area contributed by atoms with E-state index in [2.05, 4.69) is 21.1 Å². The second-order valence-electron chi connectivity index (χ2n) is 6.25. The molecule has 0 N–H and O–H groups in total. The van der Waals surface area contributed by atoms with Crippen LogP contribution in [0.15, 0.2) is 47.3 Å². The molecule has 4 rings (SSSR count). The van der Waals surface area contributed by atoms with Crippen LogP contribution in [0.1, 0.15) is 12.8 Å². The van der Waals surface area contributed by atoms with Crippen LogP contribution >= 0.6 is 0 Å². The van der Waals surface area contributed by atoms with E-state index in [4.69, 9.17) is 0 Å². The van der Waals surface area contributed by atoms with Gasteiger partial charge in [0.2, 0.25) is 0 Å². The normalized spacial score (nSPS) is 15.3. The third kappa shape index (κ3) is 3.10. The molecule has 0 radical (unpaired) electrons. The van der Waals surface area contributed by atoms with Crippen LogP contribution in [0, 0.1) is 11.3 Å². The molecule has 1 aliphatic carbocycles. The van der Waals surface area contributed by atoms with Crippen LogP contribution in [-0.4, -0.2) is 21.4 Å². The van der Waals surface area contributed by atoms with Crippen molar-refractivity contribution < 1.29 is 17.9 Å². The minimum atomic E-state index is -4.76. The van der Waals surface area contributed by atoms with Gasteiger partial charge in [0, 0.05) is 0 Å². The molecule has 1 aromatic heterocycles. The Morgan fingerprint density at radius 3 is 2.37 bits per heavy atom. The van der Waals surface area contributed by atoms with Gasteiger partial charge in [-0.15, -0.1) is 18.3 Å². The van der Waals surface area contributed by atoms with Crippen molar-refractivity contribution in [1.29, 1.82) is 5.26 Å². The van der Waals surface area contributed by atoms with E-state index in [9.17, 15) is 23.2 Å². The lowest BCUT2D eigenvalue weighted by Crippen LogP contribution is -2.32. The van der Waals surface area contributed by atoms with Gasteiger partial charge in [-0.05, 0) is 48.2 Å². The third-order valence-electron chi connectivity index (χ3n) is 4.42. The zero-order valence-corrected chi connectivity index (χ0v) is 13.7. The molecule has 0 amide bonds. The van der Waals surface area contributed by atoms with Crippen LogP contribution in [-0.2, 0) is 5.54 Å². The van der Waals surface area contributed by atoms with Gasteiger partial charge in [0.15, 0.2) is 5.54 Å². The van der Waals surface area contributed by atoms with Gasteiger partial charge in [0.05, 0.1) is 11.5 Å². The summed E-state index contributed by atoms with van der Waals surface area (Å²) in [7, 11) is 0. The Bertz CT molecular complexity index is 1130. The monoisotopic (exact) mass is 372 g/mol. The molecular weight excluding hydrogens is 361 g/mol. The average molecular weight is 372 g/mol. The molecule has 3 aromatic rings. The van der Waals surface area contributed by atoms with Gasteiger partial charge in [-0.3, -0.25) is 4.79 Å². The zero-order chi connectivity index (χ0) is 19.2. The van der Waals surface area contributed by atoms with E-state index in [-0.39, 0.29) is 5.75 Å². The lowest BCUT2D eigenvalue weighted by molar-refractivity contribution is -0.274. The van der Waals surface area contributed by atoms with E-state index in [1.54, 1.807) is 18.2 Å². The largest absolute Gasteiger partial charge is 0.573 e. The number of hydrogen-bond donors (Lipinski definition) is 0. The SMILES string of the molecule is N#CC1(n2nnc3ccc(-c4ccc(OC(F)(F)F)cc4)cc3c2=O)CC1. The molecule has 1 heterocycles. The fourth-order valence-corrected chi connectivity index (χ4v) is 2.84. The highest BCUT2D eigenvalue weighted by Crippen LogP contribution is 2.41. The summed E-state index contributed by atoms with van der Waals surface area (Å²) in [6, 6.07) is 12.3. The summed E-state index contributed by atoms with van der Waals surface area (Å²) < 4.78 is 41.7. The molecule has 0 aliphatic heterocycles. The van der Waals surface area contributed by atoms with Crippen LogP contribution in [0.5, 0.6) is 5.75 Å². The first-order valence-corrected chi connectivity index (χ1v) is 7.99. The van der Waals surface area contributed by atoms with Gasteiger partial charge in [-0.1, -0.05) is 23.4 Å². The van der Waals surface area contributed by atoms with Crippen LogP contribution in [0.25, 0.3) is 22.0 Å². The highest BCUT2D eigenvalue weighted by Gasteiger charge is 2.47. The first-order chi connectivity index (χ1) is 12.8. The third-order valence-corrected chi connectivity index (χ3v) is 4.42. The topological polar surface area (TPSA) is 80.8 Å². The van der Waals surface area contributed by atoms with Crippen molar-refractivity contribution in [3.05, 3.63) is 52.8 Å². The number of fused-ring (bicyclic) bond motifs is 1. The fraction of sp³-hybridized carbons (Fsp3) is 0.222. The first-order valence-electron chi connectivity index (χ1n) is 7.99. The van der Waals surface area contributed by atoms with Crippen molar-refractivity contribution >= 4 is 10.9 Å². The number of aromatic nitrogens is 3. The summed E-state index contributed by atoms with van der Waals surface area (Å²) in [6.07, 6.45) is -3.67. The van der Waals surface area contributed by atoms with Crippen LogP contribution < -0.4 is 10.3 Å². The second-order valence-corrected chi connectivity index (χ2v) is 6.25. The molecule has 0 spiro atoms. The highest BCUT2D eigenvalue weighted by atomic mass is 19.4. The molecule has 9 heteroatoms. The molecule has 2 aromatic carbocycles. The summed E-state index contributed by atoms with van der Waals surface area (Å²) in [5.74, 6) is -0.329. The average Bonchev–Trinajstić information content (AvgIpc) is 3.42. The number of ether oxygens (including phenoxy) is 1. The van der Waals surface area contributed by atoms with Gasteiger partial charge >= 0.3 is 6.36 Å². The molecular formula is C18H11F3N4O2. The van der Waals surface area contributed by atoms with E-state index in [1.807, 2.05) is 0 Å². The standard InChI is InChI=1S/C18H11F3N4O2/c19-18(20,21)27-13-4-1-11(2-5-13)12-3-6-15-14(9-12)16(26)25(24-23-15)17(10-22)7-8-17/h1-6,9H,7-8H2. The van der Waals surface area contributed by atoms with Crippen molar-refractivity contribution in [1.82, 2.24) is 15.0 Å². The van der Waals surface area contributed by atoms with E-state index in [0.717, 1.165) is 4.68 Å². The molecule has 0 saturated heterocycles. The lowest BCUT2D eigenvalue weighted by Gasteiger charge is -2.10.